The molecule has 2 rings (SSSR count). The molecule has 0 bridgehead atoms. The Balaban J connectivity index is 2.55. The molecule has 0 N–H and O–H groups in total. The summed E-state index contributed by atoms with van der Waals surface area (Å²) < 4.78 is 17.2. The Bertz CT molecular complexity index is 379. The van der Waals surface area contributed by atoms with Gasteiger partial charge in [0.25, 0.3) is 5.69 Å². The third-order valence-corrected chi connectivity index (χ3v) is 1.49. The van der Waals surface area contributed by atoms with E-state index in [0.717, 1.165) is 0 Å². The van der Waals surface area contributed by atoms with Crippen molar-refractivity contribution < 1.29 is 15.8 Å². The molecule has 12 heavy (non-hydrogen) atoms. The summed E-state index contributed by atoms with van der Waals surface area (Å²) in [4.78, 5) is 9.79. The molecule has 0 saturated heterocycles. The average molecular weight is 168 g/mol. The Morgan fingerprint density at radius 3 is 3.08 bits per heavy atom. The number of ether oxygens (including phenoxy) is 2. The van der Waals surface area contributed by atoms with Crippen molar-refractivity contribution in [1.29, 1.82) is 0 Å². The lowest BCUT2D eigenvalue weighted by Gasteiger charge is -1.93. The maximum absolute atomic E-state index is 10.4. The monoisotopic (exact) mass is 168 g/mol. The van der Waals surface area contributed by atoms with Crippen molar-refractivity contribution in [3.8, 4) is 11.5 Å². The van der Waals surface area contributed by atoms with Crippen LogP contribution in [0.25, 0.3) is 0 Å². The summed E-state index contributed by atoms with van der Waals surface area (Å²) in [7, 11) is 0. The van der Waals surface area contributed by atoms with Gasteiger partial charge in [0.05, 0.1) is 12.4 Å². The third kappa shape index (κ3) is 0.952. The molecule has 1 aliphatic rings. The summed E-state index contributed by atoms with van der Waals surface area (Å²) >= 11 is 0. The minimum atomic E-state index is -0.621. The van der Waals surface area contributed by atoms with E-state index in [2.05, 4.69) is 0 Å². The lowest BCUT2D eigenvalue weighted by molar-refractivity contribution is -0.384. The lowest BCUT2D eigenvalue weighted by Crippen LogP contribution is -1.93. The number of benzene rings is 1. The van der Waals surface area contributed by atoms with Crippen LogP contribution in [0.4, 0.5) is 5.69 Å². The highest BCUT2D eigenvalue weighted by atomic mass is 16.7. The molecule has 0 amide bonds. The van der Waals surface area contributed by atoms with Gasteiger partial charge in [0, 0.05) is 6.04 Å². The van der Waals surface area contributed by atoms with Crippen LogP contribution in [0.1, 0.15) is 1.37 Å². The Labute approximate surface area is 69.1 Å². The molecule has 0 fully saturated rings. The molecule has 1 aliphatic heterocycles. The minimum Gasteiger partial charge on any atom is -0.454 e. The number of rotatable bonds is 1. The molecule has 1 heterocycles. The van der Waals surface area contributed by atoms with E-state index in [0.29, 0.717) is 11.5 Å². The third-order valence-electron chi connectivity index (χ3n) is 1.49. The largest absolute Gasteiger partial charge is 0.454 e. The number of nitro benzene ring substituents is 1. The molecule has 5 nitrogen and oxygen atoms in total. The van der Waals surface area contributed by atoms with Crippen LogP contribution in [0.3, 0.4) is 0 Å². The van der Waals surface area contributed by atoms with Gasteiger partial charge in [0.15, 0.2) is 11.5 Å². The normalized spacial score (nSPS) is 14.2. The van der Waals surface area contributed by atoms with Crippen LogP contribution >= 0.6 is 0 Å². The van der Waals surface area contributed by atoms with Gasteiger partial charge in [-0.15, -0.1) is 0 Å². The molecular weight excluding hydrogens is 162 g/mol. The molecule has 5 heteroatoms. The van der Waals surface area contributed by atoms with Gasteiger partial charge in [-0.3, -0.25) is 10.1 Å². The fourth-order valence-corrected chi connectivity index (χ4v) is 0.935. The Hall–Kier alpha value is -1.78. The van der Waals surface area contributed by atoms with E-state index in [9.17, 15) is 10.1 Å². The van der Waals surface area contributed by atoms with E-state index < -0.39 is 4.92 Å². The van der Waals surface area contributed by atoms with Crippen molar-refractivity contribution in [1.82, 2.24) is 0 Å². The van der Waals surface area contributed by atoms with Crippen LogP contribution < -0.4 is 9.47 Å². The Morgan fingerprint density at radius 1 is 1.58 bits per heavy atom. The van der Waals surface area contributed by atoms with Crippen molar-refractivity contribution in [2.24, 2.45) is 0 Å². The van der Waals surface area contributed by atoms with E-state index in [4.69, 9.17) is 10.8 Å². The van der Waals surface area contributed by atoms with E-state index in [1.807, 2.05) is 0 Å². The second kappa shape index (κ2) is 2.37. The number of hydrogen-bond donors (Lipinski definition) is 0. The van der Waals surface area contributed by atoms with Crippen molar-refractivity contribution >= 4 is 5.69 Å². The summed E-state index contributed by atoms with van der Waals surface area (Å²) in [5.41, 5.74) is -0.274. The Morgan fingerprint density at radius 2 is 2.33 bits per heavy atom. The van der Waals surface area contributed by atoms with Crippen LogP contribution in [-0.2, 0) is 0 Å². The van der Waals surface area contributed by atoms with Gasteiger partial charge in [0.2, 0.25) is 6.79 Å². The van der Waals surface area contributed by atoms with Gasteiger partial charge in [-0.1, -0.05) is 0 Å². The number of nitro groups is 1. The zero-order valence-corrected chi connectivity index (χ0v) is 5.94. The van der Waals surface area contributed by atoms with Crippen LogP contribution in [-0.4, -0.2) is 11.7 Å². The number of nitrogens with zero attached hydrogens (tertiary/aromatic N) is 1. The summed E-state index contributed by atoms with van der Waals surface area (Å²) in [6, 6.07) is 2.31. The first-order chi connectivity index (χ1) is 6.18. The summed E-state index contributed by atoms with van der Waals surface area (Å²) in [5.74, 6) is 0.707. The molecule has 0 aliphatic carbocycles. The second-order valence-electron chi connectivity index (χ2n) is 2.21. The van der Waals surface area contributed by atoms with Crippen molar-refractivity contribution in [3.05, 3.63) is 28.3 Å². The molecule has 0 saturated carbocycles. The SMILES string of the molecule is [2H]c1cc2c(cc1[N+](=O)[O-])OCO2. The molecule has 1 aromatic rings. The predicted molar refractivity (Wildman–Crippen MR) is 39.2 cm³/mol. The molecule has 0 spiro atoms. The van der Waals surface area contributed by atoms with Gasteiger partial charge < -0.3 is 9.47 Å². The van der Waals surface area contributed by atoms with Crippen molar-refractivity contribution in [3.63, 3.8) is 0 Å². The maximum Gasteiger partial charge on any atom is 0.273 e. The topological polar surface area (TPSA) is 61.6 Å². The molecule has 62 valence electrons. The Kier molecular flexibility index (Phi) is 1.15. The minimum absolute atomic E-state index is 0.0515. The number of fused-ring (bicyclic) bond motifs is 1. The zero-order chi connectivity index (χ0) is 9.42. The van der Waals surface area contributed by atoms with E-state index in [1.54, 1.807) is 0 Å². The highest BCUT2D eigenvalue weighted by Gasteiger charge is 2.17. The fourth-order valence-electron chi connectivity index (χ4n) is 0.935. The van der Waals surface area contributed by atoms with E-state index in [1.165, 1.54) is 12.1 Å². The van der Waals surface area contributed by atoms with Crippen molar-refractivity contribution in [2.75, 3.05) is 6.79 Å². The molecule has 0 radical (unpaired) electrons. The molecule has 0 aromatic heterocycles. The van der Waals surface area contributed by atoms with Crippen LogP contribution in [0, 0.1) is 10.1 Å². The number of hydrogen-bond acceptors (Lipinski definition) is 4. The highest BCUT2D eigenvalue weighted by Crippen LogP contribution is 2.34. The second-order valence-corrected chi connectivity index (χ2v) is 2.21. The molecule has 1 aromatic carbocycles. The van der Waals surface area contributed by atoms with Gasteiger partial charge in [-0.2, -0.15) is 0 Å². The first kappa shape index (κ1) is 5.82. The zero-order valence-electron chi connectivity index (χ0n) is 6.94. The maximum atomic E-state index is 10.4. The fraction of sp³-hybridized carbons (Fsp3) is 0.143. The van der Waals surface area contributed by atoms with Crippen LogP contribution in [0.2, 0.25) is 0 Å². The van der Waals surface area contributed by atoms with Gasteiger partial charge in [-0.25, -0.2) is 0 Å². The summed E-state index contributed by atoms with van der Waals surface area (Å²) in [6.45, 7) is 0.0515. The smallest absolute Gasteiger partial charge is 0.273 e. The van der Waals surface area contributed by atoms with Crippen molar-refractivity contribution in [2.45, 2.75) is 0 Å². The first-order valence-electron chi connectivity index (χ1n) is 3.73. The quantitative estimate of drug-likeness (QED) is 0.468. The van der Waals surface area contributed by atoms with E-state index in [-0.39, 0.29) is 18.5 Å². The van der Waals surface area contributed by atoms with Crippen LogP contribution in [0.5, 0.6) is 11.5 Å². The van der Waals surface area contributed by atoms with Gasteiger partial charge in [-0.05, 0) is 6.07 Å². The molecule has 0 atom stereocenters. The van der Waals surface area contributed by atoms with E-state index >= 15 is 0 Å². The van der Waals surface area contributed by atoms with Gasteiger partial charge >= 0.3 is 0 Å². The summed E-state index contributed by atoms with van der Waals surface area (Å²) in [5, 5.41) is 10.4. The van der Waals surface area contributed by atoms with Crippen LogP contribution in [0.15, 0.2) is 18.2 Å². The summed E-state index contributed by atoms with van der Waals surface area (Å²) in [6.07, 6.45) is 0. The predicted octanol–water partition coefficient (Wildman–Crippen LogP) is 1.32. The lowest BCUT2D eigenvalue weighted by atomic mass is 10.3. The highest BCUT2D eigenvalue weighted by molar-refractivity contribution is 5.49. The standard InChI is InChI=1S/C7H5NO4/c9-8(10)5-1-2-6-7(3-5)12-4-11-6/h1-3H,4H2/i1D. The first-order valence-corrected chi connectivity index (χ1v) is 3.23. The molecular formula is C7H5NO4. The van der Waals surface area contributed by atoms with Gasteiger partial charge in [0.1, 0.15) is 0 Å². The molecule has 0 unspecified atom stereocenters. The average Bonchev–Trinajstić information content (AvgIpc) is 2.48.